The van der Waals surface area contributed by atoms with E-state index in [1.165, 1.54) is 5.56 Å². The molecule has 0 fully saturated rings. The van der Waals surface area contributed by atoms with E-state index in [4.69, 9.17) is 4.74 Å². The standard InChI is InChI=1S/C13H17BrO/c1-9(2)8-15-13-6-5-11(14)7-12(13)10(3)4/h5-7,10H,1,8H2,2-4H3. The van der Waals surface area contributed by atoms with Gasteiger partial charge in [0, 0.05) is 4.47 Å². The Morgan fingerprint density at radius 3 is 2.67 bits per heavy atom. The van der Waals surface area contributed by atoms with Gasteiger partial charge in [0.25, 0.3) is 0 Å². The van der Waals surface area contributed by atoms with E-state index in [0.29, 0.717) is 12.5 Å². The molecule has 0 radical (unpaired) electrons. The van der Waals surface area contributed by atoms with Gasteiger partial charge < -0.3 is 4.74 Å². The molecule has 2 heteroatoms. The Hall–Kier alpha value is -0.760. The molecule has 0 heterocycles. The predicted molar refractivity (Wildman–Crippen MR) is 68.5 cm³/mol. The van der Waals surface area contributed by atoms with Crippen molar-refractivity contribution >= 4 is 15.9 Å². The topological polar surface area (TPSA) is 9.23 Å². The minimum absolute atomic E-state index is 0.461. The van der Waals surface area contributed by atoms with Gasteiger partial charge in [0.2, 0.25) is 0 Å². The van der Waals surface area contributed by atoms with Crippen LogP contribution in [0.25, 0.3) is 0 Å². The summed E-state index contributed by atoms with van der Waals surface area (Å²) >= 11 is 3.47. The SMILES string of the molecule is C=C(C)COc1ccc(Br)cc1C(C)C. The zero-order chi connectivity index (χ0) is 11.4. The second-order valence-corrected chi connectivity index (χ2v) is 5.00. The molecule has 15 heavy (non-hydrogen) atoms. The molecule has 0 spiro atoms. The fourth-order valence-electron chi connectivity index (χ4n) is 1.30. The lowest BCUT2D eigenvalue weighted by atomic mass is 10.0. The number of ether oxygens (including phenoxy) is 1. The second kappa shape index (κ2) is 5.36. The van der Waals surface area contributed by atoms with Crippen LogP contribution in [0.1, 0.15) is 32.3 Å². The third-order valence-corrected chi connectivity index (χ3v) is 2.56. The Bertz CT molecular complexity index is 356. The van der Waals surface area contributed by atoms with Gasteiger partial charge in [-0.1, -0.05) is 36.4 Å². The van der Waals surface area contributed by atoms with E-state index < -0.39 is 0 Å². The van der Waals surface area contributed by atoms with Gasteiger partial charge in [0.15, 0.2) is 0 Å². The van der Waals surface area contributed by atoms with Crippen molar-refractivity contribution in [2.75, 3.05) is 6.61 Å². The number of rotatable bonds is 4. The van der Waals surface area contributed by atoms with Crippen molar-refractivity contribution in [2.24, 2.45) is 0 Å². The zero-order valence-electron chi connectivity index (χ0n) is 9.51. The molecule has 1 aromatic carbocycles. The van der Waals surface area contributed by atoms with E-state index in [9.17, 15) is 0 Å². The molecule has 0 aliphatic heterocycles. The van der Waals surface area contributed by atoms with Gasteiger partial charge in [-0.2, -0.15) is 0 Å². The van der Waals surface area contributed by atoms with Crippen molar-refractivity contribution in [2.45, 2.75) is 26.7 Å². The Morgan fingerprint density at radius 2 is 2.13 bits per heavy atom. The highest BCUT2D eigenvalue weighted by Gasteiger charge is 2.08. The summed E-state index contributed by atoms with van der Waals surface area (Å²) in [7, 11) is 0. The maximum atomic E-state index is 5.69. The number of hydrogen-bond acceptors (Lipinski definition) is 1. The van der Waals surface area contributed by atoms with E-state index in [2.05, 4.69) is 42.4 Å². The van der Waals surface area contributed by atoms with Gasteiger partial charge in [-0.3, -0.25) is 0 Å². The molecule has 0 saturated heterocycles. The molecule has 0 atom stereocenters. The van der Waals surface area contributed by atoms with Crippen molar-refractivity contribution in [1.29, 1.82) is 0 Å². The van der Waals surface area contributed by atoms with Crippen molar-refractivity contribution in [3.05, 3.63) is 40.4 Å². The molecule has 0 unspecified atom stereocenters. The van der Waals surface area contributed by atoms with E-state index in [1.807, 2.05) is 19.1 Å². The smallest absolute Gasteiger partial charge is 0.123 e. The second-order valence-electron chi connectivity index (χ2n) is 4.08. The van der Waals surface area contributed by atoms with Gasteiger partial charge in [-0.15, -0.1) is 0 Å². The molecular weight excluding hydrogens is 252 g/mol. The summed E-state index contributed by atoms with van der Waals surface area (Å²) in [6, 6.07) is 6.11. The quantitative estimate of drug-likeness (QED) is 0.730. The lowest BCUT2D eigenvalue weighted by molar-refractivity contribution is 0.347. The Morgan fingerprint density at radius 1 is 1.47 bits per heavy atom. The molecule has 1 rings (SSSR count). The summed E-state index contributed by atoms with van der Waals surface area (Å²) in [5.41, 5.74) is 2.26. The van der Waals surface area contributed by atoms with Crippen LogP contribution in [0.4, 0.5) is 0 Å². The fraction of sp³-hybridized carbons (Fsp3) is 0.385. The summed E-state index contributed by atoms with van der Waals surface area (Å²) < 4.78 is 6.79. The first-order valence-electron chi connectivity index (χ1n) is 5.07. The third kappa shape index (κ3) is 3.71. The van der Waals surface area contributed by atoms with Crippen LogP contribution < -0.4 is 4.74 Å². The average Bonchev–Trinajstić information content (AvgIpc) is 2.15. The van der Waals surface area contributed by atoms with Gasteiger partial charge in [0.05, 0.1) is 0 Å². The van der Waals surface area contributed by atoms with Crippen molar-refractivity contribution in [1.82, 2.24) is 0 Å². The first-order chi connectivity index (χ1) is 7.00. The van der Waals surface area contributed by atoms with E-state index in [1.54, 1.807) is 0 Å². The highest BCUT2D eigenvalue weighted by Crippen LogP contribution is 2.29. The van der Waals surface area contributed by atoms with E-state index in [0.717, 1.165) is 15.8 Å². The summed E-state index contributed by atoms with van der Waals surface area (Å²) in [4.78, 5) is 0. The van der Waals surface area contributed by atoms with Crippen LogP contribution in [0.3, 0.4) is 0 Å². The Kier molecular flexibility index (Phi) is 4.40. The van der Waals surface area contributed by atoms with Crippen LogP contribution in [-0.2, 0) is 0 Å². The monoisotopic (exact) mass is 268 g/mol. The normalized spacial score (nSPS) is 10.5. The number of benzene rings is 1. The minimum atomic E-state index is 0.461. The molecule has 0 N–H and O–H groups in total. The first kappa shape index (κ1) is 12.3. The summed E-state index contributed by atoms with van der Waals surface area (Å²) in [6.45, 7) is 10.7. The summed E-state index contributed by atoms with van der Waals surface area (Å²) in [5, 5.41) is 0. The van der Waals surface area contributed by atoms with Crippen molar-refractivity contribution in [3.8, 4) is 5.75 Å². The molecule has 0 bridgehead atoms. The van der Waals surface area contributed by atoms with E-state index in [-0.39, 0.29) is 0 Å². The molecule has 0 aliphatic rings. The average molecular weight is 269 g/mol. The summed E-state index contributed by atoms with van der Waals surface area (Å²) in [5.74, 6) is 1.42. The molecule has 0 aromatic heterocycles. The largest absolute Gasteiger partial charge is 0.489 e. The molecule has 1 nitrogen and oxygen atoms in total. The van der Waals surface area contributed by atoms with Crippen LogP contribution in [0.5, 0.6) is 5.75 Å². The lowest BCUT2D eigenvalue weighted by Gasteiger charge is -2.14. The van der Waals surface area contributed by atoms with Gasteiger partial charge in [-0.25, -0.2) is 0 Å². The third-order valence-electron chi connectivity index (χ3n) is 2.07. The van der Waals surface area contributed by atoms with Crippen LogP contribution >= 0.6 is 15.9 Å². The van der Waals surface area contributed by atoms with Gasteiger partial charge in [-0.05, 0) is 42.2 Å². The summed E-state index contributed by atoms with van der Waals surface area (Å²) in [6.07, 6.45) is 0. The minimum Gasteiger partial charge on any atom is -0.489 e. The molecule has 1 aromatic rings. The lowest BCUT2D eigenvalue weighted by Crippen LogP contribution is -2.01. The van der Waals surface area contributed by atoms with E-state index >= 15 is 0 Å². The van der Waals surface area contributed by atoms with Crippen LogP contribution in [0.15, 0.2) is 34.8 Å². The number of hydrogen-bond donors (Lipinski definition) is 0. The maximum Gasteiger partial charge on any atom is 0.123 e. The highest BCUT2D eigenvalue weighted by atomic mass is 79.9. The van der Waals surface area contributed by atoms with Crippen molar-refractivity contribution < 1.29 is 4.74 Å². The van der Waals surface area contributed by atoms with Gasteiger partial charge in [0.1, 0.15) is 12.4 Å². The zero-order valence-corrected chi connectivity index (χ0v) is 11.1. The Labute approximate surface area is 100 Å². The number of halogens is 1. The highest BCUT2D eigenvalue weighted by molar-refractivity contribution is 9.10. The first-order valence-corrected chi connectivity index (χ1v) is 5.86. The molecule has 0 aliphatic carbocycles. The molecular formula is C13H17BrO. The fourth-order valence-corrected chi connectivity index (χ4v) is 1.68. The molecule has 0 saturated carbocycles. The molecule has 0 amide bonds. The van der Waals surface area contributed by atoms with Crippen molar-refractivity contribution in [3.63, 3.8) is 0 Å². The maximum absolute atomic E-state index is 5.69. The van der Waals surface area contributed by atoms with Crippen LogP contribution in [0, 0.1) is 0 Å². The Balaban J connectivity index is 2.90. The van der Waals surface area contributed by atoms with Crippen LogP contribution in [0.2, 0.25) is 0 Å². The van der Waals surface area contributed by atoms with Crippen LogP contribution in [-0.4, -0.2) is 6.61 Å². The predicted octanol–water partition coefficient (Wildman–Crippen LogP) is 4.53. The van der Waals surface area contributed by atoms with Gasteiger partial charge >= 0.3 is 0 Å². The molecule has 82 valence electrons.